The normalized spacial score (nSPS) is 14.5. The van der Waals surface area contributed by atoms with Gasteiger partial charge >= 0.3 is 0 Å². The Bertz CT molecular complexity index is 1150. The molecule has 1 aliphatic heterocycles. The van der Waals surface area contributed by atoms with Crippen LogP contribution in [0.5, 0.6) is 0 Å². The van der Waals surface area contributed by atoms with Crippen LogP contribution in [0.2, 0.25) is 0 Å². The molecule has 7 heteroatoms. The van der Waals surface area contributed by atoms with E-state index in [-0.39, 0.29) is 11.5 Å². The second-order valence-corrected chi connectivity index (χ2v) is 7.75. The van der Waals surface area contributed by atoms with E-state index in [1.54, 1.807) is 18.3 Å². The molecule has 156 valence electrons. The third kappa shape index (κ3) is 4.81. The summed E-state index contributed by atoms with van der Waals surface area (Å²) in [6.45, 7) is 4.50. The van der Waals surface area contributed by atoms with Gasteiger partial charge in [-0.15, -0.1) is 0 Å². The summed E-state index contributed by atoms with van der Waals surface area (Å²) >= 11 is 0. The minimum absolute atomic E-state index is 0.0246. The highest BCUT2D eigenvalue weighted by Gasteiger charge is 2.16. The van der Waals surface area contributed by atoms with Gasteiger partial charge in [-0.25, -0.2) is 10.4 Å². The van der Waals surface area contributed by atoms with Crippen molar-refractivity contribution in [2.45, 2.75) is 19.8 Å². The SMILES string of the molecule is CC1CCN(c2ccc(C=NNc3nc(-c4ccccc4)c(C#N)c(=O)[nH]3)cc2)CC1. The van der Waals surface area contributed by atoms with Gasteiger partial charge in [0.1, 0.15) is 11.6 Å². The maximum atomic E-state index is 12.3. The van der Waals surface area contributed by atoms with E-state index in [2.05, 4.69) is 44.5 Å². The Balaban J connectivity index is 1.47. The van der Waals surface area contributed by atoms with Crippen LogP contribution in [0.4, 0.5) is 11.6 Å². The zero-order valence-electron chi connectivity index (χ0n) is 17.4. The molecule has 2 N–H and O–H groups in total. The first-order valence-electron chi connectivity index (χ1n) is 10.4. The molecule has 1 fully saturated rings. The Labute approximate surface area is 181 Å². The van der Waals surface area contributed by atoms with E-state index in [4.69, 9.17) is 0 Å². The van der Waals surface area contributed by atoms with Crippen LogP contribution in [0.25, 0.3) is 11.3 Å². The number of rotatable bonds is 5. The van der Waals surface area contributed by atoms with E-state index >= 15 is 0 Å². The Hall–Kier alpha value is -3.92. The first-order chi connectivity index (χ1) is 15.1. The molecular formula is C24H24N6O. The largest absolute Gasteiger partial charge is 0.372 e. The average molecular weight is 412 g/mol. The lowest BCUT2D eigenvalue weighted by atomic mass is 9.99. The number of piperidine rings is 1. The van der Waals surface area contributed by atoms with E-state index in [1.807, 2.05) is 36.4 Å². The summed E-state index contributed by atoms with van der Waals surface area (Å²) in [4.78, 5) is 21.6. The highest BCUT2D eigenvalue weighted by atomic mass is 16.1. The molecule has 0 unspecified atom stereocenters. The topological polar surface area (TPSA) is 97.2 Å². The van der Waals surface area contributed by atoms with Crippen molar-refractivity contribution in [3.8, 4) is 17.3 Å². The molecule has 7 nitrogen and oxygen atoms in total. The van der Waals surface area contributed by atoms with E-state index in [0.29, 0.717) is 11.3 Å². The highest BCUT2D eigenvalue weighted by molar-refractivity contribution is 5.81. The third-order valence-corrected chi connectivity index (χ3v) is 5.50. The number of hydrazone groups is 1. The smallest absolute Gasteiger partial charge is 0.270 e. The number of aromatic nitrogens is 2. The second kappa shape index (κ2) is 9.26. The molecular weight excluding hydrogens is 388 g/mol. The molecule has 1 aromatic heterocycles. The van der Waals surface area contributed by atoms with Gasteiger partial charge < -0.3 is 4.90 Å². The number of hydrogen-bond acceptors (Lipinski definition) is 6. The van der Waals surface area contributed by atoms with Gasteiger partial charge in [0.05, 0.1) is 11.9 Å². The quantitative estimate of drug-likeness (QED) is 0.488. The van der Waals surface area contributed by atoms with Gasteiger partial charge in [0.15, 0.2) is 0 Å². The Morgan fingerprint density at radius 1 is 1.16 bits per heavy atom. The predicted octanol–water partition coefficient (Wildman–Crippen LogP) is 3.99. The maximum absolute atomic E-state index is 12.3. The molecule has 0 radical (unpaired) electrons. The molecule has 1 saturated heterocycles. The van der Waals surface area contributed by atoms with E-state index in [1.165, 1.54) is 18.5 Å². The second-order valence-electron chi connectivity index (χ2n) is 7.75. The molecule has 0 amide bonds. The van der Waals surface area contributed by atoms with Crippen molar-refractivity contribution in [3.05, 3.63) is 76.1 Å². The van der Waals surface area contributed by atoms with Crippen molar-refractivity contribution in [3.63, 3.8) is 0 Å². The number of benzene rings is 2. The number of H-pyrrole nitrogens is 1. The molecule has 0 bridgehead atoms. The Morgan fingerprint density at radius 2 is 1.87 bits per heavy atom. The minimum atomic E-state index is -0.505. The van der Waals surface area contributed by atoms with Crippen LogP contribution in [0, 0.1) is 17.2 Å². The van der Waals surface area contributed by atoms with E-state index < -0.39 is 5.56 Å². The van der Waals surface area contributed by atoms with Crippen LogP contribution in [0.3, 0.4) is 0 Å². The summed E-state index contributed by atoms with van der Waals surface area (Å²) in [5.41, 5.74) is 5.41. The van der Waals surface area contributed by atoms with E-state index in [0.717, 1.165) is 24.6 Å². The van der Waals surface area contributed by atoms with Crippen molar-refractivity contribution in [2.75, 3.05) is 23.4 Å². The van der Waals surface area contributed by atoms with Crippen LogP contribution in [-0.2, 0) is 0 Å². The number of aromatic amines is 1. The number of nitrogens with one attached hydrogen (secondary N) is 2. The van der Waals surface area contributed by atoms with E-state index in [9.17, 15) is 10.1 Å². The average Bonchev–Trinajstić information content (AvgIpc) is 2.80. The van der Waals surface area contributed by atoms with Gasteiger partial charge in [-0.1, -0.05) is 49.4 Å². The van der Waals surface area contributed by atoms with Gasteiger partial charge in [-0.05, 0) is 36.5 Å². The van der Waals surface area contributed by atoms with Crippen molar-refractivity contribution >= 4 is 17.9 Å². The highest BCUT2D eigenvalue weighted by Crippen LogP contribution is 2.23. The molecule has 2 aromatic carbocycles. The summed E-state index contributed by atoms with van der Waals surface area (Å²) in [5.74, 6) is 0.983. The summed E-state index contributed by atoms with van der Waals surface area (Å²) < 4.78 is 0. The standard InChI is InChI=1S/C24H24N6O/c1-17-11-13-30(14-12-17)20-9-7-18(8-10-20)16-26-29-24-27-22(19-5-3-2-4-6-19)21(15-25)23(31)28-24/h2-10,16-17H,11-14H2,1H3,(H2,27,28,29,31). The third-order valence-electron chi connectivity index (χ3n) is 5.50. The molecule has 0 spiro atoms. The lowest BCUT2D eigenvalue weighted by Crippen LogP contribution is -2.32. The fraction of sp³-hybridized carbons (Fsp3) is 0.250. The number of anilines is 2. The summed E-state index contributed by atoms with van der Waals surface area (Å²) in [5, 5.41) is 13.5. The van der Waals surface area contributed by atoms with Gasteiger partial charge in [0.2, 0.25) is 5.95 Å². The lowest BCUT2D eigenvalue weighted by Gasteiger charge is -2.32. The number of nitriles is 1. The maximum Gasteiger partial charge on any atom is 0.270 e. The first kappa shape index (κ1) is 20.4. The number of nitrogens with zero attached hydrogens (tertiary/aromatic N) is 4. The van der Waals surface area contributed by atoms with Gasteiger partial charge in [-0.3, -0.25) is 9.78 Å². The molecule has 0 saturated carbocycles. The monoisotopic (exact) mass is 412 g/mol. The molecule has 1 aliphatic rings. The van der Waals surface area contributed by atoms with Crippen LogP contribution >= 0.6 is 0 Å². The van der Waals surface area contributed by atoms with Gasteiger partial charge in [0, 0.05) is 24.3 Å². The van der Waals surface area contributed by atoms with Crippen molar-refractivity contribution in [2.24, 2.45) is 11.0 Å². The first-order valence-corrected chi connectivity index (χ1v) is 10.4. The molecule has 3 aromatic rings. The zero-order valence-corrected chi connectivity index (χ0v) is 17.4. The molecule has 2 heterocycles. The van der Waals surface area contributed by atoms with Crippen molar-refractivity contribution in [1.82, 2.24) is 9.97 Å². The molecule has 31 heavy (non-hydrogen) atoms. The molecule has 0 aliphatic carbocycles. The van der Waals surface area contributed by atoms with Gasteiger partial charge in [-0.2, -0.15) is 10.4 Å². The van der Waals surface area contributed by atoms with Crippen LogP contribution in [0.1, 0.15) is 30.9 Å². The predicted molar refractivity (Wildman–Crippen MR) is 123 cm³/mol. The van der Waals surface area contributed by atoms with Crippen molar-refractivity contribution < 1.29 is 0 Å². The fourth-order valence-electron chi connectivity index (χ4n) is 3.64. The van der Waals surface area contributed by atoms with Crippen LogP contribution in [-0.4, -0.2) is 29.3 Å². The lowest BCUT2D eigenvalue weighted by molar-refractivity contribution is 0.438. The van der Waals surface area contributed by atoms with Gasteiger partial charge in [0.25, 0.3) is 5.56 Å². The number of hydrogen-bond donors (Lipinski definition) is 2. The Kier molecular flexibility index (Phi) is 6.08. The summed E-state index contributed by atoms with van der Waals surface area (Å²) in [6, 6.07) is 19.3. The van der Waals surface area contributed by atoms with Crippen LogP contribution in [0.15, 0.2) is 64.5 Å². The fourth-order valence-corrected chi connectivity index (χ4v) is 3.64. The molecule has 4 rings (SSSR count). The van der Waals surface area contributed by atoms with Crippen molar-refractivity contribution in [1.29, 1.82) is 5.26 Å². The van der Waals surface area contributed by atoms with Crippen LogP contribution < -0.4 is 15.9 Å². The summed E-state index contributed by atoms with van der Waals surface area (Å²) in [7, 11) is 0. The summed E-state index contributed by atoms with van der Waals surface area (Å²) in [6.07, 6.45) is 4.13. The Morgan fingerprint density at radius 3 is 2.55 bits per heavy atom. The zero-order chi connectivity index (χ0) is 21.6. The molecule has 0 atom stereocenters. The minimum Gasteiger partial charge on any atom is -0.372 e.